The topological polar surface area (TPSA) is 114 Å². The molecule has 7 nitrogen and oxygen atoms in total. The molecule has 1 heterocycles. The van der Waals surface area contributed by atoms with E-state index in [0.29, 0.717) is 5.69 Å². The summed E-state index contributed by atoms with van der Waals surface area (Å²) in [6, 6.07) is 7.60. The largest absolute Gasteiger partial charge is 0.475 e. The van der Waals surface area contributed by atoms with Crippen LogP contribution in [0.4, 0.5) is 5.69 Å². The highest BCUT2D eigenvalue weighted by atomic mass is 32.2. The molecule has 0 saturated carbocycles. The number of nitrogens with one attached hydrogen (secondary N) is 1. The minimum atomic E-state index is -3.94. The van der Waals surface area contributed by atoms with E-state index in [9.17, 15) is 18.0 Å². The highest BCUT2D eigenvalue weighted by Crippen LogP contribution is 2.24. The van der Waals surface area contributed by atoms with E-state index in [1.165, 1.54) is 31.2 Å². The molecule has 0 aliphatic carbocycles. The Balaban J connectivity index is 2.34. The molecule has 0 spiro atoms. The number of carbonyl (C=O) groups excluding carboxylic acids is 1. The van der Waals surface area contributed by atoms with Crippen molar-refractivity contribution in [3.8, 4) is 0 Å². The van der Waals surface area contributed by atoms with E-state index in [4.69, 9.17) is 9.52 Å². The van der Waals surface area contributed by atoms with Gasteiger partial charge >= 0.3 is 5.97 Å². The molecule has 1 amide bonds. The normalized spacial score (nSPS) is 11.1. The number of rotatable bonds is 4. The van der Waals surface area contributed by atoms with Gasteiger partial charge in [-0.2, -0.15) is 0 Å². The zero-order chi connectivity index (χ0) is 15.6. The molecule has 2 rings (SSSR count). The number of carbonyl (C=O) groups is 2. The van der Waals surface area contributed by atoms with E-state index >= 15 is 0 Å². The third kappa shape index (κ3) is 3.11. The first-order chi connectivity index (χ1) is 9.80. The number of hydrogen-bond donors (Lipinski definition) is 2. The van der Waals surface area contributed by atoms with Crippen LogP contribution in [0.5, 0.6) is 0 Å². The van der Waals surface area contributed by atoms with Crippen molar-refractivity contribution in [1.82, 2.24) is 0 Å². The van der Waals surface area contributed by atoms with Crippen LogP contribution in [-0.4, -0.2) is 25.4 Å². The number of anilines is 1. The summed E-state index contributed by atoms with van der Waals surface area (Å²) in [4.78, 5) is 21.5. The molecule has 0 bridgehead atoms. The lowest BCUT2D eigenvalue weighted by Crippen LogP contribution is -2.06. The zero-order valence-corrected chi connectivity index (χ0v) is 11.7. The van der Waals surface area contributed by atoms with Crippen molar-refractivity contribution in [3.63, 3.8) is 0 Å². The van der Waals surface area contributed by atoms with E-state index in [1.807, 2.05) is 0 Å². The zero-order valence-electron chi connectivity index (χ0n) is 10.9. The quantitative estimate of drug-likeness (QED) is 0.889. The molecule has 21 heavy (non-hydrogen) atoms. The summed E-state index contributed by atoms with van der Waals surface area (Å²) < 4.78 is 29.3. The fourth-order valence-corrected chi connectivity index (χ4v) is 2.79. The summed E-state index contributed by atoms with van der Waals surface area (Å²) in [6.07, 6.45) is 0. The summed E-state index contributed by atoms with van der Waals surface area (Å²) in [5, 5.41) is 10.8. The van der Waals surface area contributed by atoms with Gasteiger partial charge in [-0.15, -0.1) is 0 Å². The molecule has 1 aromatic heterocycles. The maximum atomic E-state index is 12.2. The Kier molecular flexibility index (Phi) is 3.81. The van der Waals surface area contributed by atoms with Crippen molar-refractivity contribution in [2.75, 3.05) is 5.32 Å². The third-order valence-electron chi connectivity index (χ3n) is 2.54. The average molecular weight is 309 g/mol. The summed E-state index contributed by atoms with van der Waals surface area (Å²) in [6.45, 7) is 1.33. The first-order valence-corrected chi connectivity index (χ1v) is 7.25. The van der Waals surface area contributed by atoms with Gasteiger partial charge in [0.25, 0.3) is 0 Å². The molecule has 8 heteroatoms. The van der Waals surface area contributed by atoms with Gasteiger partial charge in [0.1, 0.15) is 0 Å². The Morgan fingerprint density at radius 2 is 1.71 bits per heavy atom. The summed E-state index contributed by atoms with van der Waals surface area (Å²) in [5.74, 6) is -2.08. The molecule has 2 N–H and O–H groups in total. The van der Waals surface area contributed by atoms with E-state index in [0.717, 1.165) is 12.1 Å². The molecule has 0 unspecified atom stereocenters. The second-order valence-electron chi connectivity index (χ2n) is 4.13. The van der Waals surface area contributed by atoms with Gasteiger partial charge in [-0.3, -0.25) is 4.79 Å². The summed E-state index contributed by atoms with van der Waals surface area (Å²) >= 11 is 0. The van der Waals surface area contributed by atoms with Gasteiger partial charge in [-0.1, -0.05) is 0 Å². The second-order valence-corrected chi connectivity index (χ2v) is 6.01. The van der Waals surface area contributed by atoms with Crippen molar-refractivity contribution in [2.24, 2.45) is 0 Å². The maximum absolute atomic E-state index is 12.2. The molecular weight excluding hydrogens is 298 g/mol. The highest BCUT2D eigenvalue weighted by Gasteiger charge is 2.23. The number of amides is 1. The lowest BCUT2D eigenvalue weighted by Gasteiger charge is -2.04. The van der Waals surface area contributed by atoms with Crippen LogP contribution in [0.2, 0.25) is 0 Å². The molecule has 0 saturated heterocycles. The van der Waals surface area contributed by atoms with Crippen LogP contribution in [0.3, 0.4) is 0 Å². The SMILES string of the molecule is CC(=O)Nc1ccc(S(=O)(=O)c2ccc(C(=O)O)o2)cc1. The smallest absolute Gasteiger partial charge is 0.371 e. The molecule has 2 aromatic rings. The number of aromatic carboxylic acids is 1. The highest BCUT2D eigenvalue weighted by molar-refractivity contribution is 7.91. The first kappa shape index (κ1) is 14.8. The number of hydrogen-bond acceptors (Lipinski definition) is 5. The van der Waals surface area contributed by atoms with Crippen molar-refractivity contribution < 1.29 is 27.5 Å². The Bertz CT molecular complexity index is 788. The van der Waals surface area contributed by atoms with Gasteiger partial charge in [-0.25, -0.2) is 13.2 Å². The Morgan fingerprint density at radius 1 is 1.10 bits per heavy atom. The van der Waals surface area contributed by atoms with Gasteiger partial charge in [0.15, 0.2) is 0 Å². The van der Waals surface area contributed by atoms with Crippen LogP contribution in [0.15, 0.2) is 50.8 Å². The third-order valence-corrected chi connectivity index (χ3v) is 4.18. The fraction of sp³-hybridized carbons (Fsp3) is 0.0769. The van der Waals surface area contributed by atoms with Gasteiger partial charge < -0.3 is 14.8 Å². The molecule has 0 aliphatic rings. The van der Waals surface area contributed by atoms with Gasteiger partial charge in [-0.05, 0) is 36.4 Å². The maximum Gasteiger partial charge on any atom is 0.371 e. The molecule has 110 valence electrons. The number of benzene rings is 1. The molecule has 0 radical (unpaired) electrons. The second kappa shape index (κ2) is 5.41. The number of carboxylic acids is 1. The van der Waals surface area contributed by atoms with Crippen LogP contribution in [0.1, 0.15) is 17.5 Å². The Morgan fingerprint density at radius 3 is 2.19 bits per heavy atom. The monoisotopic (exact) mass is 309 g/mol. The standard InChI is InChI=1S/C13H11NO6S/c1-8(15)14-9-2-4-10(5-3-9)21(18,19)12-7-6-11(20-12)13(16)17/h2-7H,1H3,(H,14,15)(H,16,17). The Hall–Kier alpha value is -2.61. The minimum Gasteiger partial charge on any atom is -0.475 e. The van der Waals surface area contributed by atoms with Crippen molar-refractivity contribution >= 4 is 27.4 Å². The predicted octanol–water partition coefficient (Wildman–Crippen LogP) is 1.77. The van der Waals surface area contributed by atoms with Crippen molar-refractivity contribution in [3.05, 3.63) is 42.2 Å². The Labute approximate surface area is 120 Å². The van der Waals surface area contributed by atoms with E-state index in [1.54, 1.807) is 0 Å². The number of sulfone groups is 1. The molecule has 0 fully saturated rings. The van der Waals surface area contributed by atoms with E-state index < -0.39 is 26.7 Å². The fourth-order valence-electron chi connectivity index (χ4n) is 1.62. The minimum absolute atomic E-state index is 0.0668. The molecule has 0 atom stereocenters. The van der Waals surface area contributed by atoms with Gasteiger partial charge in [0, 0.05) is 12.6 Å². The number of carboxylic acid groups (broad SMARTS) is 1. The molecular formula is C13H11NO6S. The van der Waals surface area contributed by atoms with Crippen LogP contribution < -0.4 is 5.32 Å². The van der Waals surface area contributed by atoms with E-state index in [2.05, 4.69) is 5.32 Å². The van der Waals surface area contributed by atoms with Gasteiger partial charge in [0.2, 0.25) is 26.6 Å². The van der Waals surface area contributed by atoms with Crippen LogP contribution in [0, 0.1) is 0 Å². The number of furan rings is 1. The average Bonchev–Trinajstić information content (AvgIpc) is 2.89. The van der Waals surface area contributed by atoms with E-state index in [-0.39, 0.29) is 10.8 Å². The molecule has 0 aliphatic heterocycles. The summed E-state index contributed by atoms with van der Waals surface area (Å²) in [7, 11) is -3.94. The summed E-state index contributed by atoms with van der Waals surface area (Å²) in [5.41, 5.74) is 0.451. The van der Waals surface area contributed by atoms with Crippen LogP contribution in [0.25, 0.3) is 0 Å². The van der Waals surface area contributed by atoms with Crippen LogP contribution >= 0.6 is 0 Å². The van der Waals surface area contributed by atoms with Crippen LogP contribution in [-0.2, 0) is 14.6 Å². The molecule has 1 aromatic carbocycles. The van der Waals surface area contributed by atoms with Crippen molar-refractivity contribution in [1.29, 1.82) is 0 Å². The van der Waals surface area contributed by atoms with Crippen molar-refractivity contribution in [2.45, 2.75) is 16.9 Å². The first-order valence-electron chi connectivity index (χ1n) is 5.76. The van der Waals surface area contributed by atoms with Gasteiger partial charge in [0.05, 0.1) is 4.90 Å². The predicted molar refractivity (Wildman–Crippen MR) is 71.9 cm³/mol. The lowest BCUT2D eigenvalue weighted by molar-refractivity contribution is -0.114. The lowest BCUT2D eigenvalue weighted by atomic mass is 10.3.